The average Bonchev–Trinajstić information content (AvgIpc) is 2.60. The van der Waals surface area contributed by atoms with E-state index in [-0.39, 0.29) is 16.5 Å². The van der Waals surface area contributed by atoms with Gasteiger partial charge in [-0.2, -0.15) is 4.31 Å². The molecule has 26 heavy (non-hydrogen) atoms. The van der Waals surface area contributed by atoms with Crippen molar-refractivity contribution in [3.8, 4) is 0 Å². The summed E-state index contributed by atoms with van der Waals surface area (Å²) in [6, 6.07) is 4.35. The zero-order valence-corrected chi connectivity index (χ0v) is 16.9. The number of aryl methyl sites for hydroxylation is 1. The fourth-order valence-corrected chi connectivity index (χ4v) is 4.05. The summed E-state index contributed by atoms with van der Waals surface area (Å²) in [5, 5.41) is 2.69. The van der Waals surface area contributed by atoms with Gasteiger partial charge in [-0.3, -0.25) is 4.79 Å². The quantitative estimate of drug-likeness (QED) is 0.658. The second-order valence-electron chi connectivity index (χ2n) is 6.02. The Morgan fingerprint density at radius 3 is 2.35 bits per heavy atom. The van der Waals surface area contributed by atoms with Crippen molar-refractivity contribution in [2.24, 2.45) is 0 Å². The van der Waals surface area contributed by atoms with Crippen LogP contribution in [-0.2, 0) is 19.6 Å². The molecule has 0 fully saturated rings. The van der Waals surface area contributed by atoms with Crippen LogP contribution in [0.1, 0.15) is 50.0 Å². The van der Waals surface area contributed by atoms with Crippen LogP contribution >= 0.6 is 0 Å². The van der Waals surface area contributed by atoms with Crippen molar-refractivity contribution in [2.45, 2.75) is 52.0 Å². The molecule has 1 aromatic rings. The molecular weight excluding hydrogens is 356 g/mol. The summed E-state index contributed by atoms with van der Waals surface area (Å²) < 4.78 is 31.8. The number of amides is 1. The highest BCUT2D eigenvalue weighted by molar-refractivity contribution is 7.89. The number of nitrogens with zero attached hydrogens (tertiary/aromatic N) is 1. The summed E-state index contributed by atoms with van der Waals surface area (Å²) in [5.41, 5.74) is 0.639. The van der Waals surface area contributed by atoms with Gasteiger partial charge in [0.1, 0.15) is 0 Å². The molecule has 0 saturated carbocycles. The molecule has 1 rings (SSSR count). The van der Waals surface area contributed by atoms with Crippen molar-refractivity contribution in [1.29, 1.82) is 0 Å². The highest BCUT2D eigenvalue weighted by Crippen LogP contribution is 2.21. The van der Waals surface area contributed by atoms with Gasteiger partial charge in [0, 0.05) is 19.1 Å². The number of nitrogens with one attached hydrogen (secondary N) is 1. The van der Waals surface area contributed by atoms with Gasteiger partial charge in [0.2, 0.25) is 10.0 Å². The van der Waals surface area contributed by atoms with Crippen LogP contribution in [0.2, 0.25) is 0 Å². The van der Waals surface area contributed by atoms with E-state index in [9.17, 15) is 18.0 Å². The predicted molar refractivity (Wildman–Crippen MR) is 99.5 cm³/mol. The van der Waals surface area contributed by atoms with Crippen molar-refractivity contribution < 1.29 is 22.7 Å². The van der Waals surface area contributed by atoms with E-state index < -0.39 is 28.5 Å². The summed E-state index contributed by atoms with van der Waals surface area (Å²) >= 11 is 0. The van der Waals surface area contributed by atoms with Crippen LogP contribution in [0, 0.1) is 6.92 Å². The molecule has 7 nitrogen and oxygen atoms in total. The molecule has 146 valence electrons. The molecule has 0 unspecified atom stereocenters. The van der Waals surface area contributed by atoms with Gasteiger partial charge in [0.25, 0.3) is 5.91 Å². The van der Waals surface area contributed by atoms with Gasteiger partial charge in [-0.1, -0.05) is 26.8 Å². The lowest BCUT2D eigenvalue weighted by molar-refractivity contribution is -0.124. The fraction of sp³-hybridized carbons (Fsp3) is 0.556. The molecule has 0 aliphatic rings. The van der Waals surface area contributed by atoms with E-state index in [1.165, 1.54) is 16.4 Å². The number of sulfonamides is 1. The van der Waals surface area contributed by atoms with Gasteiger partial charge < -0.3 is 10.1 Å². The van der Waals surface area contributed by atoms with Gasteiger partial charge in [-0.25, -0.2) is 13.2 Å². The van der Waals surface area contributed by atoms with Crippen molar-refractivity contribution in [2.75, 3.05) is 19.7 Å². The Labute approximate surface area is 155 Å². The second-order valence-corrected chi connectivity index (χ2v) is 7.93. The van der Waals surface area contributed by atoms with Gasteiger partial charge >= 0.3 is 5.97 Å². The molecule has 0 radical (unpaired) electrons. The van der Waals surface area contributed by atoms with Crippen LogP contribution < -0.4 is 5.32 Å². The Morgan fingerprint density at radius 2 is 1.81 bits per heavy atom. The summed E-state index contributed by atoms with van der Waals surface area (Å²) in [5.74, 6) is -1.13. The summed E-state index contributed by atoms with van der Waals surface area (Å²) in [6.45, 7) is 9.23. The first kappa shape index (κ1) is 22.1. The van der Waals surface area contributed by atoms with E-state index >= 15 is 0 Å². The van der Waals surface area contributed by atoms with Gasteiger partial charge in [-0.15, -0.1) is 0 Å². The molecule has 0 spiro atoms. The molecule has 0 saturated heterocycles. The molecule has 8 heteroatoms. The smallest absolute Gasteiger partial charge is 0.338 e. The van der Waals surface area contributed by atoms with Crippen LogP contribution in [0.5, 0.6) is 0 Å². The molecule has 1 atom stereocenters. The Hall–Kier alpha value is -1.93. The average molecular weight is 384 g/mol. The van der Waals surface area contributed by atoms with E-state index in [1.807, 2.05) is 13.8 Å². The van der Waals surface area contributed by atoms with E-state index in [1.54, 1.807) is 26.8 Å². The lowest BCUT2D eigenvalue weighted by atomic mass is 10.1. The van der Waals surface area contributed by atoms with E-state index in [0.29, 0.717) is 18.7 Å². The SMILES string of the molecule is CC[C@@H](C)NC(=O)COC(=O)c1ccc(C)c(S(=O)(=O)N(CC)CC)c1. The Bertz CT molecular complexity index is 742. The molecule has 1 N–H and O–H groups in total. The number of esters is 1. The minimum atomic E-state index is -3.69. The predicted octanol–water partition coefficient (Wildman–Crippen LogP) is 2.10. The van der Waals surface area contributed by atoms with Gasteiger partial charge in [0.05, 0.1) is 10.5 Å². The first-order valence-electron chi connectivity index (χ1n) is 8.74. The van der Waals surface area contributed by atoms with Crippen molar-refractivity contribution >= 4 is 21.9 Å². The Morgan fingerprint density at radius 1 is 1.19 bits per heavy atom. The summed E-state index contributed by atoms with van der Waals surface area (Å²) in [7, 11) is -3.69. The van der Waals surface area contributed by atoms with Crippen LogP contribution in [0.3, 0.4) is 0 Å². The van der Waals surface area contributed by atoms with Crippen LogP contribution in [0.4, 0.5) is 0 Å². The summed E-state index contributed by atoms with van der Waals surface area (Å²) in [4.78, 5) is 24.0. The number of hydrogen-bond acceptors (Lipinski definition) is 5. The van der Waals surface area contributed by atoms with Crippen LogP contribution in [0.25, 0.3) is 0 Å². The van der Waals surface area contributed by atoms with Crippen LogP contribution in [0.15, 0.2) is 23.1 Å². The van der Waals surface area contributed by atoms with Crippen molar-refractivity contribution in [3.05, 3.63) is 29.3 Å². The number of carbonyl (C=O) groups is 2. The molecule has 0 aromatic heterocycles. The molecule has 0 heterocycles. The minimum absolute atomic E-state index is 0.00797. The maximum atomic E-state index is 12.7. The minimum Gasteiger partial charge on any atom is -0.452 e. The first-order valence-corrected chi connectivity index (χ1v) is 10.2. The fourth-order valence-electron chi connectivity index (χ4n) is 2.34. The van der Waals surface area contributed by atoms with Crippen molar-refractivity contribution in [3.63, 3.8) is 0 Å². The number of carbonyl (C=O) groups excluding carboxylic acids is 2. The normalized spacial score (nSPS) is 12.7. The molecule has 0 aliphatic heterocycles. The largest absolute Gasteiger partial charge is 0.452 e. The number of hydrogen-bond donors (Lipinski definition) is 1. The van der Waals surface area contributed by atoms with Crippen LogP contribution in [-0.4, -0.2) is 50.3 Å². The highest BCUT2D eigenvalue weighted by atomic mass is 32.2. The molecular formula is C18H28N2O5S. The van der Waals surface area contributed by atoms with E-state index in [0.717, 1.165) is 6.42 Å². The Balaban J connectivity index is 2.96. The second kappa shape index (κ2) is 9.68. The van der Waals surface area contributed by atoms with Crippen molar-refractivity contribution in [1.82, 2.24) is 9.62 Å². The van der Waals surface area contributed by atoms with Gasteiger partial charge in [0.15, 0.2) is 6.61 Å². The molecule has 1 aromatic carbocycles. The topological polar surface area (TPSA) is 92.8 Å². The first-order chi connectivity index (χ1) is 12.2. The third-order valence-corrected chi connectivity index (χ3v) is 6.29. The molecule has 0 aliphatic carbocycles. The van der Waals surface area contributed by atoms with E-state index in [4.69, 9.17) is 4.74 Å². The highest BCUT2D eigenvalue weighted by Gasteiger charge is 2.25. The molecule has 0 bridgehead atoms. The summed E-state index contributed by atoms with van der Waals surface area (Å²) in [6.07, 6.45) is 0.768. The number of rotatable bonds is 9. The maximum Gasteiger partial charge on any atom is 0.338 e. The maximum absolute atomic E-state index is 12.7. The third-order valence-electron chi connectivity index (χ3n) is 4.10. The molecule has 1 amide bonds. The number of benzene rings is 1. The van der Waals surface area contributed by atoms with E-state index in [2.05, 4.69) is 5.32 Å². The van der Waals surface area contributed by atoms with Gasteiger partial charge in [-0.05, 0) is 38.0 Å². The Kier molecular flexibility index (Phi) is 8.23. The lowest BCUT2D eigenvalue weighted by Crippen LogP contribution is -2.35. The standard InChI is InChI=1S/C18H28N2O5S/c1-6-14(5)19-17(21)12-25-18(22)15-10-9-13(4)16(11-15)26(23,24)20(7-2)8-3/h9-11,14H,6-8,12H2,1-5H3,(H,19,21)/t14-/m1/s1. The zero-order valence-electron chi connectivity index (χ0n) is 16.0. The third kappa shape index (κ3) is 5.54. The number of ether oxygens (including phenoxy) is 1. The zero-order chi connectivity index (χ0) is 19.9. The lowest BCUT2D eigenvalue weighted by Gasteiger charge is -2.20. The monoisotopic (exact) mass is 384 g/mol.